The van der Waals surface area contributed by atoms with Crippen LogP contribution in [0.2, 0.25) is 0 Å². The zero-order chi connectivity index (χ0) is 18.1. The number of rotatable bonds is 8. The number of terminal acetylenes is 1. The lowest BCUT2D eigenvalue weighted by atomic mass is 10.1. The molecule has 1 atom stereocenters. The normalized spacial score (nSPS) is 17.4. The zero-order valence-corrected chi connectivity index (χ0v) is 14.5. The second-order valence-corrected chi connectivity index (χ2v) is 6.05. The Morgan fingerprint density at radius 1 is 1.44 bits per heavy atom. The average molecular weight is 339 g/mol. The van der Waals surface area contributed by atoms with Gasteiger partial charge in [-0.1, -0.05) is 42.3 Å². The first-order valence-corrected chi connectivity index (χ1v) is 8.53. The van der Waals surface area contributed by atoms with Crippen molar-refractivity contribution in [3.05, 3.63) is 48.6 Å². The van der Waals surface area contributed by atoms with Crippen molar-refractivity contribution in [3.8, 4) is 12.3 Å². The number of piperazine rings is 1. The molecule has 0 bridgehead atoms. The first-order valence-electron chi connectivity index (χ1n) is 8.53. The monoisotopic (exact) mass is 339 g/mol. The van der Waals surface area contributed by atoms with Crippen LogP contribution in [0.25, 0.3) is 0 Å². The summed E-state index contributed by atoms with van der Waals surface area (Å²) in [5, 5.41) is 2.86. The average Bonchev–Trinajstić information content (AvgIpc) is 2.63. The van der Waals surface area contributed by atoms with Crippen molar-refractivity contribution < 1.29 is 9.59 Å². The third-order valence-electron chi connectivity index (χ3n) is 4.32. The van der Waals surface area contributed by atoms with Crippen LogP contribution in [0, 0.1) is 12.3 Å². The molecular formula is C20H25N3O2. The number of benzene rings is 1. The molecule has 2 amide bonds. The summed E-state index contributed by atoms with van der Waals surface area (Å²) in [6, 6.07) is 9.69. The van der Waals surface area contributed by atoms with Crippen molar-refractivity contribution in [1.29, 1.82) is 0 Å². The molecule has 25 heavy (non-hydrogen) atoms. The Labute approximate surface area is 149 Å². The second kappa shape index (κ2) is 9.65. The summed E-state index contributed by atoms with van der Waals surface area (Å²) in [5.41, 5.74) is 1.22. The van der Waals surface area contributed by atoms with Gasteiger partial charge in [-0.05, 0) is 12.0 Å². The number of carbonyl (C=O) groups excluding carboxylic acids is 2. The first-order chi connectivity index (χ1) is 12.2. The van der Waals surface area contributed by atoms with Gasteiger partial charge in [0.25, 0.3) is 0 Å². The minimum Gasteiger partial charge on any atom is -0.353 e. The molecule has 5 heteroatoms. The molecule has 0 aliphatic carbocycles. The standard InChI is InChI=1S/C20H25N3O2/c1-3-12-23(13-4-2)19(24)16-18-20(25)21-11-15-22(18)14-10-17-8-6-5-7-9-17/h1,4-9,18H,2,10-16H2,(H,21,25)/t18-/m0/s1. The number of carbonyl (C=O) groups is 2. The lowest BCUT2D eigenvalue weighted by Crippen LogP contribution is -2.57. The van der Waals surface area contributed by atoms with Crippen molar-refractivity contribution in [2.75, 3.05) is 32.7 Å². The van der Waals surface area contributed by atoms with Crippen LogP contribution in [0.5, 0.6) is 0 Å². The van der Waals surface area contributed by atoms with Gasteiger partial charge >= 0.3 is 0 Å². The zero-order valence-electron chi connectivity index (χ0n) is 14.5. The van der Waals surface area contributed by atoms with E-state index in [1.807, 2.05) is 18.2 Å². The molecule has 1 saturated heterocycles. The summed E-state index contributed by atoms with van der Waals surface area (Å²) in [6.07, 6.45) is 7.95. The van der Waals surface area contributed by atoms with Crippen molar-refractivity contribution in [2.24, 2.45) is 0 Å². The van der Waals surface area contributed by atoms with Gasteiger partial charge in [0.15, 0.2) is 0 Å². The Bertz CT molecular complexity index is 636. The van der Waals surface area contributed by atoms with Crippen LogP contribution in [-0.4, -0.2) is 60.4 Å². The maximum absolute atomic E-state index is 12.5. The van der Waals surface area contributed by atoms with Crippen molar-refractivity contribution in [2.45, 2.75) is 18.9 Å². The number of amides is 2. The molecule has 0 aromatic heterocycles. The predicted octanol–water partition coefficient (Wildman–Crippen LogP) is 1.07. The van der Waals surface area contributed by atoms with Crippen molar-refractivity contribution >= 4 is 11.8 Å². The van der Waals surface area contributed by atoms with Crippen LogP contribution in [0.1, 0.15) is 12.0 Å². The SMILES string of the molecule is C#CCN(CC=C)C(=O)C[C@H]1C(=O)NCCN1CCc1ccccc1. The van der Waals surface area contributed by atoms with Crippen molar-refractivity contribution in [1.82, 2.24) is 15.1 Å². The summed E-state index contributed by atoms with van der Waals surface area (Å²) in [4.78, 5) is 28.5. The van der Waals surface area contributed by atoms with Crippen LogP contribution in [-0.2, 0) is 16.0 Å². The summed E-state index contributed by atoms with van der Waals surface area (Å²) >= 11 is 0. The molecule has 1 aliphatic rings. The van der Waals surface area contributed by atoms with E-state index in [-0.39, 0.29) is 24.8 Å². The van der Waals surface area contributed by atoms with Crippen LogP contribution < -0.4 is 5.32 Å². The fourth-order valence-electron chi connectivity index (χ4n) is 2.98. The van der Waals surface area contributed by atoms with E-state index in [1.54, 1.807) is 11.0 Å². The first kappa shape index (κ1) is 18.8. The summed E-state index contributed by atoms with van der Waals surface area (Å²) < 4.78 is 0. The Balaban J connectivity index is 2.00. The van der Waals surface area contributed by atoms with Gasteiger partial charge in [0.2, 0.25) is 11.8 Å². The molecule has 132 valence electrons. The van der Waals surface area contributed by atoms with Crippen molar-refractivity contribution in [3.63, 3.8) is 0 Å². The van der Waals surface area contributed by atoms with Gasteiger partial charge in [-0.3, -0.25) is 14.5 Å². The molecule has 0 radical (unpaired) electrons. The Hall–Kier alpha value is -2.58. The molecule has 0 spiro atoms. The predicted molar refractivity (Wildman–Crippen MR) is 98.7 cm³/mol. The van der Waals surface area contributed by atoms with Gasteiger partial charge < -0.3 is 10.2 Å². The highest BCUT2D eigenvalue weighted by Crippen LogP contribution is 2.12. The molecule has 2 rings (SSSR count). The highest BCUT2D eigenvalue weighted by atomic mass is 16.2. The van der Waals surface area contributed by atoms with Gasteiger partial charge in [0.1, 0.15) is 0 Å². The van der Waals surface area contributed by atoms with Gasteiger partial charge in [0.05, 0.1) is 19.0 Å². The van der Waals surface area contributed by atoms with E-state index in [0.717, 1.165) is 19.5 Å². The molecule has 1 heterocycles. The minimum atomic E-state index is -0.449. The molecule has 1 N–H and O–H groups in total. The number of hydrogen-bond acceptors (Lipinski definition) is 3. The van der Waals surface area contributed by atoms with E-state index in [9.17, 15) is 9.59 Å². The summed E-state index contributed by atoms with van der Waals surface area (Å²) in [5.74, 6) is 2.27. The van der Waals surface area contributed by atoms with Crippen LogP contribution >= 0.6 is 0 Å². The second-order valence-electron chi connectivity index (χ2n) is 6.05. The fourth-order valence-corrected chi connectivity index (χ4v) is 2.98. The highest BCUT2D eigenvalue weighted by Gasteiger charge is 2.32. The van der Waals surface area contributed by atoms with Gasteiger partial charge in [-0.25, -0.2) is 0 Å². The fraction of sp³-hybridized carbons (Fsp3) is 0.400. The highest BCUT2D eigenvalue weighted by molar-refractivity contribution is 5.89. The maximum Gasteiger partial charge on any atom is 0.237 e. The van der Waals surface area contributed by atoms with E-state index >= 15 is 0 Å². The van der Waals surface area contributed by atoms with E-state index in [2.05, 4.69) is 34.8 Å². The molecule has 0 saturated carbocycles. The van der Waals surface area contributed by atoms with Gasteiger partial charge in [-0.15, -0.1) is 13.0 Å². The summed E-state index contributed by atoms with van der Waals surface area (Å²) in [6.45, 7) is 6.36. The Morgan fingerprint density at radius 3 is 2.88 bits per heavy atom. The van der Waals surface area contributed by atoms with E-state index in [0.29, 0.717) is 13.1 Å². The van der Waals surface area contributed by atoms with Gasteiger partial charge in [-0.2, -0.15) is 0 Å². The topological polar surface area (TPSA) is 52.7 Å². The lowest BCUT2D eigenvalue weighted by molar-refractivity contribution is -0.138. The maximum atomic E-state index is 12.5. The summed E-state index contributed by atoms with van der Waals surface area (Å²) in [7, 11) is 0. The number of nitrogens with zero attached hydrogens (tertiary/aromatic N) is 2. The third kappa shape index (κ3) is 5.47. The van der Waals surface area contributed by atoms with E-state index in [4.69, 9.17) is 6.42 Å². The van der Waals surface area contributed by atoms with Crippen LogP contribution in [0.3, 0.4) is 0 Å². The molecule has 5 nitrogen and oxygen atoms in total. The third-order valence-corrected chi connectivity index (χ3v) is 4.32. The quantitative estimate of drug-likeness (QED) is 0.569. The number of hydrogen-bond donors (Lipinski definition) is 1. The van der Waals surface area contributed by atoms with E-state index < -0.39 is 6.04 Å². The molecule has 1 aliphatic heterocycles. The minimum absolute atomic E-state index is 0.0908. The van der Waals surface area contributed by atoms with Gasteiger partial charge in [0, 0.05) is 26.2 Å². The van der Waals surface area contributed by atoms with Crippen LogP contribution in [0.15, 0.2) is 43.0 Å². The molecule has 0 unspecified atom stereocenters. The molecule has 1 fully saturated rings. The molecule has 1 aromatic rings. The number of nitrogens with one attached hydrogen (secondary N) is 1. The Morgan fingerprint density at radius 2 is 2.20 bits per heavy atom. The Kier molecular flexibility index (Phi) is 7.24. The molecule has 1 aromatic carbocycles. The smallest absolute Gasteiger partial charge is 0.237 e. The van der Waals surface area contributed by atoms with E-state index in [1.165, 1.54) is 5.56 Å². The molecular weight excluding hydrogens is 314 g/mol. The van der Waals surface area contributed by atoms with Crippen LogP contribution in [0.4, 0.5) is 0 Å². The largest absolute Gasteiger partial charge is 0.353 e. The lowest BCUT2D eigenvalue weighted by Gasteiger charge is -2.35.